The van der Waals surface area contributed by atoms with E-state index < -0.39 is 0 Å². The molecule has 0 saturated carbocycles. The predicted molar refractivity (Wildman–Crippen MR) is 106 cm³/mol. The number of ether oxygens (including phenoxy) is 1. The van der Waals surface area contributed by atoms with Crippen molar-refractivity contribution in [3.63, 3.8) is 0 Å². The first kappa shape index (κ1) is 18.0. The Morgan fingerprint density at radius 1 is 0.962 bits per heavy atom. The quantitative estimate of drug-likeness (QED) is 0.634. The lowest BCUT2D eigenvalue weighted by Gasteiger charge is -2.12. The van der Waals surface area contributed by atoms with Crippen LogP contribution in [0.2, 0.25) is 5.02 Å². The Morgan fingerprint density at radius 2 is 1.73 bits per heavy atom. The van der Waals surface area contributed by atoms with E-state index in [0.717, 1.165) is 33.4 Å². The van der Waals surface area contributed by atoms with E-state index in [0.29, 0.717) is 19.0 Å². The fourth-order valence-electron chi connectivity index (χ4n) is 2.56. The highest BCUT2D eigenvalue weighted by atomic mass is 35.5. The number of hydrogen-bond donors (Lipinski definition) is 2. The number of anilines is 2. The van der Waals surface area contributed by atoms with Gasteiger partial charge in [-0.15, -0.1) is 0 Å². The van der Waals surface area contributed by atoms with Crippen LogP contribution in [0.25, 0.3) is 0 Å². The van der Waals surface area contributed by atoms with E-state index in [1.807, 2.05) is 61.5 Å². The summed E-state index contributed by atoms with van der Waals surface area (Å²) in [5.41, 5.74) is 3.08. The molecule has 0 saturated heterocycles. The van der Waals surface area contributed by atoms with E-state index in [-0.39, 0.29) is 0 Å². The second-order valence-corrected chi connectivity index (χ2v) is 6.30. The maximum absolute atomic E-state index is 5.92. The monoisotopic (exact) mass is 368 g/mol. The van der Waals surface area contributed by atoms with Gasteiger partial charge in [0.2, 0.25) is 5.95 Å². The molecule has 0 aliphatic heterocycles. The molecule has 2 aromatic carbocycles. The molecular formula is C20H21ClN4O. The molecule has 0 fully saturated rings. The zero-order chi connectivity index (χ0) is 18.4. The first-order chi connectivity index (χ1) is 12.6. The molecule has 26 heavy (non-hydrogen) atoms. The third-order valence-corrected chi connectivity index (χ3v) is 4.12. The largest absolute Gasteiger partial charge is 0.496 e. The average Bonchev–Trinajstić information content (AvgIpc) is 2.66. The van der Waals surface area contributed by atoms with Crippen LogP contribution in [-0.4, -0.2) is 17.1 Å². The molecule has 2 N–H and O–H groups in total. The summed E-state index contributed by atoms with van der Waals surface area (Å²) in [4.78, 5) is 8.99. The molecule has 0 unspecified atom stereocenters. The van der Waals surface area contributed by atoms with Gasteiger partial charge in [-0.05, 0) is 30.7 Å². The van der Waals surface area contributed by atoms with Gasteiger partial charge in [-0.2, -0.15) is 4.98 Å². The smallest absolute Gasteiger partial charge is 0.225 e. The topological polar surface area (TPSA) is 59.1 Å². The van der Waals surface area contributed by atoms with Crippen LogP contribution < -0.4 is 15.4 Å². The summed E-state index contributed by atoms with van der Waals surface area (Å²) < 4.78 is 5.37. The molecule has 3 rings (SSSR count). The van der Waals surface area contributed by atoms with E-state index in [1.54, 1.807) is 7.11 Å². The van der Waals surface area contributed by atoms with Crippen molar-refractivity contribution < 1.29 is 4.74 Å². The summed E-state index contributed by atoms with van der Waals surface area (Å²) in [6.07, 6.45) is 0. The van der Waals surface area contributed by atoms with Crippen molar-refractivity contribution in [2.45, 2.75) is 20.0 Å². The fourth-order valence-corrected chi connectivity index (χ4v) is 2.68. The zero-order valence-electron chi connectivity index (χ0n) is 14.8. The van der Waals surface area contributed by atoms with Crippen LogP contribution in [0.3, 0.4) is 0 Å². The molecular weight excluding hydrogens is 348 g/mol. The van der Waals surface area contributed by atoms with Crippen molar-refractivity contribution >= 4 is 23.4 Å². The second kappa shape index (κ2) is 8.54. The summed E-state index contributed by atoms with van der Waals surface area (Å²) in [5.74, 6) is 2.19. The van der Waals surface area contributed by atoms with E-state index >= 15 is 0 Å². The van der Waals surface area contributed by atoms with Gasteiger partial charge >= 0.3 is 0 Å². The Bertz CT molecular complexity index is 868. The number of nitrogens with one attached hydrogen (secondary N) is 2. The molecule has 0 aliphatic carbocycles. The highest BCUT2D eigenvalue weighted by Crippen LogP contribution is 2.19. The molecule has 1 aromatic heterocycles. The maximum Gasteiger partial charge on any atom is 0.225 e. The van der Waals surface area contributed by atoms with Crippen LogP contribution in [0, 0.1) is 6.92 Å². The van der Waals surface area contributed by atoms with Crippen molar-refractivity contribution in [1.29, 1.82) is 0 Å². The van der Waals surface area contributed by atoms with Gasteiger partial charge in [-0.3, -0.25) is 0 Å². The fraction of sp³-hybridized carbons (Fsp3) is 0.200. The number of nitrogens with zero attached hydrogens (tertiary/aromatic N) is 2. The van der Waals surface area contributed by atoms with Crippen molar-refractivity contribution in [3.8, 4) is 5.75 Å². The molecule has 0 spiro atoms. The zero-order valence-corrected chi connectivity index (χ0v) is 15.5. The number of aryl methyl sites for hydroxylation is 1. The Labute approximate surface area is 158 Å². The van der Waals surface area contributed by atoms with Crippen LogP contribution in [0.5, 0.6) is 5.75 Å². The van der Waals surface area contributed by atoms with Crippen molar-refractivity contribution in [1.82, 2.24) is 9.97 Å². The van der Waals surface area contributed by atoms with Gasteiger partial charge in [-0.25, -0.2) is 4.98 Å². The summed E-state index contributed by atoms with van der Waals surface area (Å²) in [5, 5.41) is 7.32. The van der Waals surface area contributed by atoms with E-state index in [1.165, 1.54) is 0 Å². The lowest BCUT2D eigenvalue weighted by Crippen LogP contribution is -2.08. The molecule has 5 nitrogen and oxygen atoms in total. The maximum atomic E-state index is 5.92. The van der Waals surface area contributed by atoms with Crippen LogP contribution in [0.1, 0.15) is 16.8 Å². The van der Waals surface area contributed by atoms with Gasteiger partial charge in [0.15, 0.2) is 0 Å². The van der Waals surface area contributed by atoms with Gasteiger partial charge in [0.05, 0.1) is 7.11 Å². The molecule has 0 bridgehead atoms. The van der Waals surface area contributed by atoms with Crippen LogP contribution in [0.4, 0.5) is 11.8 Å². The summed E-state index contributed by atoms with van der Waals surface area (Å²) in [7, 11) is 1.67. The van der Waals surface area contributed by atoms with Crippen LogP contribution in [-0.2, 0) is 13.1 Å². The number of rotatable bonds is 7. The number of benzene rings is 2. The van der Waals surface area contributed by atoms with Gasteiger partial charge < -0.3 is 15.4 Å². The average molecular weight is 369 g/mol. The minimum atomic E-state index is 0.578. The normalized spacial score (nSPS) is 10.4. The number of para-hydroxylation sites is 1. The van der Waals surface area contributed by atoms with E-state index in [4.69, 9.17) is 16.3 Å². The lowest BCUT2D eigenvalue weighted by molar-refractivity contribution is 0.410. The number of hydrogen-bond acceptors (Lipinski definition) is 5. The highest BCUT2D eigenvalue weighted by molar-refractivity contribution is 6.30. The molecule has 0 aliphatic rings. The third-order valence-electron chi connectivity index (χ3n) is 3.87. The number of aromatic nitrogens is 2. The van der Waals surface area contributed by atoms with Gasteiger partial charge in [0.25, 0.3) is 0 Å². The molecule has 134 valence electrons. The molecule has 6 heteroatoms. The van der Waals surface area contributed by atoms with Crippen LogP contribution in [0.15, 0.2) is 54.6 Å². The molecule has 1 heterocycles. The van der Waals surface area contributed by atoms with Gasteiger partial charge in [0, 0.05) is 35.4 Å². The number of halogens is 1. The standard InChI is InChI=1S/C20H21ClN4O/c1-14-11-19(22-12-15-7-9-17(21)10-8-15)25-20(24-14)23-13-16-5-3-4-6-18(16)26-2/h3-11H,12-13H2,1-2H3,(H2,22,23,24,25). The first-order valence-corrected chi connectivity index (χ1v) is 8.71. The minimum Gasteiger partial charge on any atom is -0.496 e. The Hall–Kier alpha value is -2.79. The van der Waals surface area contributed by atoms with Crippen molar-refractivity contribution in [2.75, 3.05) is 17.7 Å². The molecule has 0 atom stereocenters. The molecule has 0 radical (unpaired) electrons. The van der Waals surface area contributed by atoms with Crippen molar-refractivity contribution in [2.24, 2.45) is 0 Å². The van der Waals surface area contributed by atoms with Gasteiger partial charge in [-0.1, -0.05) is 41.9 Å². The summed E-state index contributed by atoms with van der Waals surface area (Å²) >= 11 is 5.92. The summed E-state index contributed by atoms with van der Waals surface area (Å²) in [6, 6.07) is 17.5. The SMILES string of the molecule is COc1ccccc1CNc1nc(C)cc(NCc2ccc(Cl)cc2)n1. The second-order valence-electron chi connectivity index (χ2n) is 5.86. The predicted octanol–water partition coefficient (Wildman–Crippen LogP) is 4.67. The summed E-state index contributed by atoms with van der Waals surface area (Å²) in [6.45, 7) is 3.20. The van der Waals surface area contributed by atoms with E-state index in [2.05, 4.69) is 20.6 Å². The molecule has 3 aromatic rings. The third kappa shape index (κ3) is 4.86. The lowest BCUT2D eigenvalue weighted by atomic mass is 10.2. The van der Waals surface area contributed by atoms with E-state index in [9.17, 15) is 0 Å². The van der Waals surface area contributed by atoms with Crippen molar-refractivity contribution in [3.05, 3.63) is 76.4 Å². The van der Waals surface area contributed by atoms with Gasteiger partial charge in [0.1, 0.15) is 11.6 Å². The Kier molecular flexibility index (Phi) is 5.92. The first-order valence-electron chi connectivity index (χ1n) is 8.34. The number of methoxy groups -OCH3 is 1. The Balaban J connectivity index is 1.66. The Morgan fingerprint density at radius 3 is 2.50 bits per heavy atom. The highest BCUT2D eigenvalue weighted by Gasteiger charge is 2.05. The molecule has 0 amide bonds. The minimum absolute atomic E-state index is 0.578. The van der Waals surface area contributed by atoms with Crippen LogP contribution >= 0.6 is 11.6 Å².